The van der Waals surface area contributed by atoms with Crippen LogP contribution in [0.3, 0.4) is 0 Å². The Morgan fingerprint density at radius 3 is 2.72 bits per heavy atom. The van der Waals surface area contributed by atoms with Crippen LogP contribution in [0.2, 0.25) is 0 Å². The summed E-state index contributed by atoms with van der Waals surface area (Å²) in [5.74, 6) is 1.65. The standard InChI is InChI=1S/C24H34O5/c1-2-22-14-20(26)21-16-5-7-23(27-10-9-25)13-19(23)15(16)3-4-17(21)18(22)6-8-24(22)28-11-12-29-24/h16-18,21,25H,2-14H2,1H3/t16?,17?,18?,21?,22-,23-/m0/s1. The molecule has 160 valence electrons. The van der Waals surface area contributed by atoms with Crippen molar-refractivity contribution in [1.82, 2.24) is 0 Å². The summed E-state index contributed by atoms with van der Waals surface area (Å²) >= 11 is 0. The van der Waals surface area contributed by atoms with Gasteiger partial charge in [0.1, 0.15) is 5.78 Å². The van der Waals surface area contributed by atoms with Crippen LogP contribution >= 0.6 is 0 Å². The van der Waals surface area contributed by atoms with E-state index in [4.69, 9.17) is 19.3 Å². The zero-order chi connectivity index (χ0) is 19.9. The second kappa shape index (κ2) is 6.38. The molecule has 5 fully saturated rings. The number of hydrogen-bond acceptors (Lipinski definition) is 5. The van der Waals surface area contributed by atoms with Gasteiger partial charge in [-0.25, -0.2) is 0 Å². The molecule has 5 aliphatic carbocycles. The van der Waals surface area contributed by atoms with Crippen molar-refractivity contribution in [2.45, 2.75) is 76.1 Å². The third kappa shape index (κ3) is 2.34. The molecular formula is C24H34O5. The molecule has 1 saturated heterocycles. The minimum atomic E-state index is -0.498. The number of Topliss-reactive ketones (excluding diaryl/α,β-unsaturated/α-hetero) is 1. The summed E-state index contributed by atoms with van der Waals surface area (Å²) in [6.07, 6.45) is 9.09. The third-order valence-electron chi connectivity index (χ3n) is 9.71. The van der Waals surface area contributed by atoms with Crippen LogP contribution in [0, 0.1) is 29.1 Å². The summed E-state index contributed by atoms with van der Waals surface area (Å²) < 4.78 is 18.6. The van der Waals surface area contributed by atoms with Crippen LogP contribution in [0.4, 0.5) is 0 Å². The molecule has 5 heteroatoms. The van der Waals surface area contributed by atoms with Crippen molar-refractivity contribution < 1.29 is 24.1 Å². The largest absolute Gasteiger partial charge is 0.394 e. The maximum atomic E-state index is 13.7. The van der Waals surface area contributed by atoms with Gasteiger partial charge in [-0.2, -0.15) is 0 Å². The number of allylic oxidation sites excluding steroid dienone is 1. The number of hydrogen-bond donors (Lipinski definition) is 1. The molecule has 1 N–H and O–H groups in total. The summed E-state index contributed by atoms with van der Waals surface area (Å²) in [7, 11) is 0. The van der Waals surface area contributed by atoms with Crippen molar-refractivity contribution in [3.63, 3.8) is 0 Å². The SMILES string of the molecule is CC[C@]12CC(=O)C3C4CC[C@]5(OCCO)CC5=C4CCC3C1CCC21OCCO1. The van der Waals surface area contributed by atoms with Gasteiger partial charge in [-0.1, -0.05) is 12.5 Å². The van der Waals surface area contributed by atoms with Gasteiger partial charge in [0.25, 0.3) is 0 Å². The van der Waals surface area contributed by atoms with Crippen molar-refractivity contribution >= 4 is 5.78 Å². The van der Waals surface area contributed by atoms with Crippen molar-refractivity contribution in [3.8, 4) is 0 Å². The van der Waals surface area contributed by atoms with E-state index in [0.717, 1.165) is 51.4 Å². The predicted molar refractivity (Wildman–Crippen MR) is 106 cm³/mol. The Labute approximate surface area is 173 Å². The lowest BCUT2D eigenvalue weighted by Crippen LogP contribution is -2.57. The van der Waals surface area contributed by atoms with E-state index in [1.165, 1.54) is 5.57 Å². The Morgan fingerprint density at radius 2 is 1.97 bits per heavy atom. The first kappa shape index (κ1) is 19.0. The average Bonchev–Trinajstić information content (AvgIpc) is 3.12. The summed E-state index contributed by atoms with van der Waals surface area (Å²) in [5.41, 5.74) is 2.82. The molecule has 29 heavy (non-hydrogen) atoms. The van der Waals surface area contributed by atoms with Gasteiger partial charge in [-0.05, 0) is 61.9 Å². The fourth-order valence-electron chi connectivity index (χ4n) is 8.59. The van der Waals surface area contributed by atoms with Gasteiger partial charge in [0.2, 0.25) is 0 Å². The maximum Gasteiger partial charge on any atom is 0.174 e. The first-order valence-corrected chi connectivity index (χ1v) is 11.9. The molecule has 1 spiro atoms. The lowest BCUT2D eigenvalue weighted by molar-refractivity contribution is -0.244. The van der Waals surface area contributed by atoms with Gasteiger partial charge >= 0.3 is 0 Å². The highest BCUT2D eigenvalue weighted by Crippen LogP contribution is 2.69. The van der Waals surface area contributed by atoms with E-state index >= 15 is 0 Å². The summed E-state index contributed by atoms with van der Waals surface area (Å²) in [5, 5.41) is 9.17. The van der Waals surface area contributed by atoms with Gasteiger partial charge in [-0.15, -0.1) is 0 Å². The second-order valence-electron chi connectivity index (χ2n) is 10.4. The molecule has 0 aromatic heterocycles. The molecule has 5 nitrogen and oxygen atoms in total. The Hall–Kier alpha value is -0.750. The molecule has 1 heterocycles. The molecule has 0 bridgehead atoms. The Bertz CT molecular complexity index is 752. The van der Waals surface area contributed by atoms with Crippen LogP contribution in [0.5, 0.6) is 0 Å². The Balaban J connectivity index is 1.32. The molecule has 0 radical (unpaired) electrons. The fraction of sp³-hybridized carbons (Fsp3) is 0.875. The van der Waals surface area contributed by atoms with E-state index in [0.29, 0.717) is 49.8 Å². The van der Waals surface area contributed by atoms with Crippen molar-refractivity contribution in [3.05, 3.63) is 11.1 Å². The first-order chi connectivity index (χ1) is 14.1. The smallest absolute Gasteiger partial charge is 0.174 e. The zero-order valence-corrected chi connectivity index (χ0v) is 17.6. The summed E-state index contributed by atoms with van der Waals surface area (Å²) in [4.78, 5) is 13.7. The molecule has 6 aliphatic rings. The number of fused-ring (bicyclic) bond motifs is 7. The molecule has 0 aromatic carbocycles. The van der Waals surface area contributed by atoms with Crippen molar-refractivity contribution in [2.24, 2.45) is 29.1 Å². The van der Waals surface area contributed by atoms with Gasteiger partial charge in [0.15, 0.2) is 5.79 Å². The topological polar surface area (TPSA) is 65.0 Å². The first-order valence-electron chi connectivity index (χ1n) is 11.9. The van der Waals surface area contributed by atoms with E-state index in [1.807, 2.05) is 0 Å². The molecule has 6 atom stereocenters. The van der Waals surface area contributed by atoms with Crippen LogP contribution in [-0.2, 0) is 19.0 Å². The number of aliphatic hydroxyl groups excluding tert-OH is 1. The monoisotopic (exact) mass is 402 g/mol. The van der Waals surface area contributed by atoms with Crippen molar-refractivity contribution in [1.29, 1.82) is 0 Å². The van der Waals surface area contributed by atoms with E-state index in [9.17, 15) is 4.79 Å². The van der Waals surface area contributed by atoms with Crippen LogP contribution in [0.1, 0.15) is 64.7 Å². The number of ketones is 1. The highest BCUT2D eigenvalue weighted by atomic mass is 16.7. The van der Waals surface area contributed by atoms with Gasteiger partial charge < -0.3 is 19.3 Å². The van der Waals surface area contributed by atoms with Gasteiger partial charge in [0.05, 0.1) is 32.0 Å². The minimum absolute atomic E-state index is 0.0870. The maximum absolute atomic E-state index is 13.7. The molecule has 4 saturated carbocycles. The second-order valence-corrected chi connectivity index (χ2v) is 10.4. The van der Waals surface area contributed by atoms with Crippen LogP contribution in [0.15, 0.2) is 11.1 Å². The quantitative estimate of drug-likeness (QED) is 0.730. The zero-order valence-electron chi connectivity index (χ0n) is 17.6. The molecule has 0 amide bonds. The number of carbonyl (C=O) groups excluding carboxylic acids is 1. The van der Waals surface area contributed by atoms with Crippen LogP contribution in [0.25, 0.3) is 0 Å². The minimum Gasteiger partial charge on any atom is -0.394 e. The molecule has 1 aliphatic heterocycles. The molecule has 6 rings (SSSR count). The number of carbonyl (C=O) groups is 1. The number of ether oxygens (including phenoxy) is 3. The molecule has 4 unspecified atom stereocenters. The number of aliphatic hydroxyl groups is 1. The normalized spacial score (nSPS) is 47.0. The Morgan fingerprint density at radius 1 is 1.14 bits per heavy atom. The van der Waals surface area contributed by atoms with E-state index in [2.05, 4.69) is 6.92 Å². The molecule has 0 aromatic rings. The fourth-order valence-corrected chi connectivity index (χ4v) is 8.59. The third-order valence-corrected chi connectivity index (χ3v) is 9.71. The average molecular weight is 403 g/mol. The lowest BCUT2D eigenvalue weighted by Gasteiger charge is -2.55. The van der Waals surface area contributed by atoms with Gasteiger partial charge in [-0.3, -0.25) is 4.79 Å². The lowest BCUT2D eigenvalue weighted by atomic mass is 9.50. The van der Waals surface area contributed by atoms with Crippen molar-refractivity contribution in [2.75, 3.05) is 26.4 Å². The highest BCUT2D eigenvalue weighted by Gasteiger charge is 2.69. The van der Waals surface area contributed by atoms with Crippen LogP contribution < -0.4 is 0 Å². The Kier molecular flexibility index (Phi) is 4.17. The molecular weight excluding hydrogens is 368 g/mol. The number of rotatable bonds is 4. The van der Waals surface area contributed by atoms with Crippen LogP contribution in [-0.4, -0.2) is 48.7 Å². The van der Waals surface area contributed by atoms with E-state index in [-0.39, 0.29) is 23.5 Å². The van der Waals surface area contributed by atoms with E-state index < -0.39 is 5.79 Å². The summed E-state index contributed by atoms with van der Waals surface area (Å²) in [6.45, 7) is 4.10. The van der Waals surface area contributed by atoms with E-state index in [1.54, 1.807) is 5.57 Å². The van der Waals surface area contributed by atoms with Gasteiger partial charge in [0, 0.05) is 30.6 Å². The predicted octanol–water partition coefficient (Wildman–Crippen LogP) is 3.39. The summed E-state index contributed by atoms with van der Waals surface area (Å²) in [6, 6.07) is 0. The highest BCUT2D eigenvalue weighted by molar-refractivity contribution is 5.84.